The molecular weight excluding hydrogens is 388 g/mol. The van der Waals surface area contributed by atoms with Gasteiger partial charge >= 0.3 is 5.97 Å². The Labute approximate surface area is 181 Å². The van der Waals surface area contributed by atoms with Gasteiger partial charge in [0.15, 0.2) is 0 Å². The molecule has 0 amide bonds. The molecule has 0 unspecified atom stereocenters. The molecule has 1 N–H and O–H groups in total. The van der Waals surface area contributed by atoms with Crippen molar-refractivity contribution in [1.82, 2.24) is 4.57 Å². The number of aliphatic carboxylic acids is 1. The number of hydrogen-bond donors (Lipinski definition) is 1. The molecule has 158 valence electrons. The van der Waals surface area contributed by atoms with E-state index in [0.29, 0.717) is 12.5 Å². The fraction of sp³-hybridized carbons (Fsp3) is 0.385. The van der Waals surface area contributed by atoms with Crippen LogP contribution in [0.5, 0.6) is 5.75 Å². The third kappa shape index (κ3) is 3.79. The third-order valence-electron chi connectivity index (χ3n) is 6.88. The summed E-state index contributed by atoms with van der Waals surface area (Å²) in [6, 6.07) is 16.7. The Balaban J connectivity index is 1.32. The van der Waals surface area contributed by atoms with E-state index in [1.54, 1.807) is 0 Å². The van der Waals surface area contributed by atoms with Gasteiger partial charge in [0.05, 0.1) is 18.1 Å². The van der Waals surface area contributed by atoms with Crippen molar-refractivity contribution in [3.63, 3.8) is 0 Å². The zero-order valence-corrected chi connectivity index (χ0v) is 17.5. The van der Waals surface area contributed by atoms with Crippen molar-refractivity contribution in [2.45, 2.75) is 63.5 Å². The highest BCUT2D eigenvalue weighted by atomic mass is 16.5. The normalized spacial score (nSPS) is 18.2. The number of carboxylic acid groups (broad SMARTS) is 1. The Morgan fingerprint density at radius 2 is 1.97 bits per heavy atom. The standard InChI is InChI=1S/C26H26N2O3/c27-15-21-11-17(5-7-23(21)18-3-1-2-4-18)16-31-22-6-8-24-20(12-22)13-25-19(14-26(29)30)9-10-28(24)25/h5-8,11-13,18-19H,1-4,9-10,14,16H2,(H,29,30)/t19-/m1/s1. The highest BCUT2D eigenvalue weighted by Gasteiger charge is 2.26. The van der Waals surface area contributed by atoms with Crippen molar-refractivity contribution in [3.8, 4) is 11.8 Å². The number of aromatic nitrogens is 1. The maximum absolute atomic E-state index is 11.1. The van der Waals surface area contributed by atoms with Crippen molar-refractivity contribution < 1.29 is 14.6 Å². The molecule has 1 atom stereocenters. The Morgan fingerprint density at radius 3 is 2.74 bits per heavy atom. The van der Waals surface area contributed by atoms with Crippen LogP contribution in [0.1, 0.15) is 72.7 Å². The second-order valence-electron chi connectivity index (χ2n) is 8.83. The van der Waals surface area contributed by atoms with Gasteiger partial charge in [0.2, 0.25) is 0 Å². The molecule has 0 radical (unpaired) electrons. The smallest absolute Gasteiger partial charge is 0.304 e. The van der Waals surface area contributed by atoms with Crippen LogP contribution in [-0.2, 0) is 17.9 Å². The summed E-state index contributed by atoms with van der Waals surface area (Å²) < 4.78 is 8.27. The van der Waals surface area contributed by atoms with Crippen molar-refractivity contribution in [1.29, 1.82) is 5.26 Å². The van der Waals surface area contributed by atoms with E-state index in [2.05, 4.69) is 34.9 Å². The summed E-state index contributed by atoms with van der Waals surface area (Å²) in [5, 5.41) is 19.9. The third-order valence-corrected chi connectivity index (χ3v) is 6.88. The molecule has 31 heavy (non-hydrogen) atoms. The summed E-state index contributed by atoms with van der Waals surface area (Å²) in [7, 11) is 0. The summed E-state index contributed by atoms with van der Waals surface area (Å²) in [6.45, 7) is 1.28. The quantitative estimate of drug-likeness (QED) is 0.560. The van der Waals surface area contributed by atoms with E-state index in [4.69, 9.17) is 9.84 Å². The molecule has 0 spiro atoms. The first-order valence-electron chi connectivity index (χ1n) is 11.1. The van der Waals surface area contributed by atoms with Gasteiger partial charge in [-0.1, -0.05) is 25.0 Å². The largest absolute Gasteiger partial charge is 0.489 e. The average Bonchev–Trinajstić information content (AvgIpc) is 3.50. The van der Waals surface area contributed by atoms with Crippen LogP contribution in [-0.4, -0.2) is 15.6 Å². The summed E-state index contributed by atoms with van der Waals surface area (Å²) in [6.07, 6.45) is 5.93. The van der Waals surface area contributed by atoms with Crippen LogP contribution in [0, 0.1) is 11.3 Å². The molecule has 2 heterocycles. The maximum Gasteiger partial charge on any atom is 0.304 e. The molecular formula is C26H26N2O3. The average molecular weight is 415 g/mol. The molecule has 2 aliphatic rings. The zero-order chi connectivity index (χ0) is 21.4. The molecule has 5 nitrogen and oxygen atoms in total. The fourth-order valence-electron chi connectivity index (χ4n) is 5.35. The first kappa shape index (κ1) is 19.7. The monoisotopic (exact) mass is 414 g/mol. The van der Waals surface area contributed by atoms with E-state index < -0.39 is 5.97 Å². The van der Waals surface area contributed by atoms with Gasteiger partial charge in [-0.2, -0.15) is 5.26 Å². The summed E-state index contributed by atoms with van der Waals surface area (Å²) in [5.74, 6) is 0.638. The lowest BCUT2D eigenvalue weighted by Crippen LogP contribution is -2.02. The number of ether oxygens (including phenoxy) is 1. The van der Waals surface area contributed by atoms with Crippen molar-refractivity contribution in [2.24, 2.45) is 0 Å². The molecule has 0 bridgehead atoms. The number of aryl methyl sites for hydroxylation is 1. The summed E-state index contributed by atoms with van der Waals surface area (Å²) in [4.78, 5) is 11.1. The number of benzene rings is 2. The Morgan fingerprint density at radius 1 is 1.13 bits per heavy atom. The zero-order valence-electron chi connectivity index (χ0n) is 17.5. The van der Waals surface area contributed by atoms with Gasteiger partial charge in [0, 0.05) is 29.1 Å². The Hall–Kier alpha value is -3.26. The van der Waals surface area contributed by atoms with Crippen LogP contribution < -0.4 is 4.74 Å². The van der Waals surface area contributed by atoms with Crippen LogP contribution >= 0.6 is 0 Å². The van der Waals surface area contributed by atoms with Crippen LogP contribution in [0.3, 0.4) is 0 Å². The maximum atomic E-state index is 11.1. The van der Waals surface area contributed by atoms with Gasteiger partial charge in [0.1, 0.15) is 12.4 Å². The lowest BCUT2D eigenvalue weighted by Gasteiger charge is -2.13. The fourth-order valence-corrected chi connectivity index (χ4v) is 5.35. The number of nitriles is 1. The first-order valence-corrected chi connectivity index (χ1v) is 11.1. The molecule has 0 saturated heterocycles. The summed E-state index contributed by atoms with van der Waals surface area (Å²) >= 11 is 0. The predicted molar refractivity (Wildman–Crippen MR) is 118 cm³/mol. The molecule has 5 rings (SSSR count). The molecule has 5 heteroatoms. The van der Waals surface area contributed by atoms with Crippen LogP contribution in [0.25, 0.3) is 10.9 Å². The lowest BCUT2D eigenvalue weighted by atomic mass is 9.92. The second kappa shape index (κ2) is 8.11. The van der Waals surface area contributed by atoms with Crippen LogP contribution in [0.2, 0.25) is 0 Å². The first-order chi connectivity index (χ1) is 15.1. The number of carbonyl (C=O) groups is 1. The van der Waals surface area contributed by atoms with Crippen molar-refractivity contribution in [3.05, 3.63) is 64.8 Å². The van der Waals surface area contributed by atoms with E-state index in [1.807, 2.05) is 18.2 Å². The van der Waals surface area contributed by atoms with Crippen LogP contribution in [0.4, 0.5) is 0 Å². The van der Waals surface area contributed by atoms with E-state index >= 15 is 0 Å². The predicted octanol–water partition coefficient (Wildman–Crippen LogP) is 5.71. The highest BCUT2D eigenvalue weighted by molar-refractivity contribution is 5.83. The minimum Gasteiger partial charge on any atom is -0.489 e. The van der Waals surface area contributed by atoms with Gasteiger partial charge in [0.25, 0.3) is 0 Å². The van der Waals surface area contributed by atoms with Gasteiger partial charge in [-0.25, -0.2) is 0 Å². The number of hydrogen-bond acceptors (Lipinski definition) is 3. The minimum absolute atomic E-state index is 0.0806. The van der Waals surface area contributed by atoms with E-state index in [9.17, 15) is 10.1 Å². The SMILES string of the molecule is N#Cc1cc(COc2ccc3c(c2)cc2n3CC[C@@H]2CC(=O)O)ccc1C1CCCC1. The number of nitrogens with zero attached hydrogens (tertiary/aromatic N) is 2. The number of carboxylic acids is 1. The van der Waals surface area contributed by atoms with E-state index in [-0.39, 0.29) is 12.3 Å². The van der Waals surface area contributed by atoms with Gasteiger partial charge in [-0.3, -0.25) is 4.79 Å². The van der Waals surface area contributed by atoms with Crippen molar-refractivity contribution >= 4 is 16.9 Å². The molecule has 2 aromatic carbocycles. The molecule has 1 saturated carbocycles. The van der Waals surface area contributed by atoms with Crippen molar-refractivity contribution in [2.75, 3.05) is 0 Å². The number of fused-ring (bicyclic) bond motifs is 3. The lowest BCUT2D eigenvalue weighted by molar-refractivity contribution is -0.137. The second-order valence-corrected chi connectivity index (χ2v) is 8.83. The van der Waals surface area contributed by atoms with Gasteiger partial charge in [-0.15, -0.1) is 0 Å². The molecule has 1 fully saturated rings. The summed E-state index contributed by atoms with van der Waals surface area (Å²) in [5.41, 5.74) is 5.19. The molecule has 1 aliphatic carbocycles. The Kier molecular flexibility index (Phi) is 5.15. The highest BCUT2D eigenvalue weighted by Crippen LogP contribution is 2.38. The van der Waals surface area contributed by atoms with E-state index in [1.165, 1.54) is 31.2 Å². The van der Waals surface area contributed by atoms with Gasteiger partial charge < -0.3 is 14.4 Å². The van der Waals surface area contributed by atoms with Crippen LogP contribution in [0.15, 0.2) is 42.5 Å². The number of rotatable bonds is 6. The Bertz CT molecular complexity index is 1180. The van der Waals surface area contributed by atoms with E-state index in [0.717, 1.165) is 46.4 Å². The molecule has 3 aromatic rings. The molecule has 1 aromatic heterocycles. The topological polar surface area (TPSA) is 75.2 Å². The molecule has 1 aliphatic heterocycles. The van der Waals surface area contributed by atoms with Gasteiger partial charge in [-0.05, 0) is 66.6 Å². The minimum atomic E-state index is -0.747.